The Morgan fingerprint density at radius 2 is 1.55 bits per heavy atom. The van der Waals surface area contributed by atoms with Gasteiger partial charge in [-0.2, -0.15) is 0 Å². The van der Waals surface area contributed by atoms with E-state index in [0.717, 1.165) is 34.9 Å². The summed E-state index contributed by atoms with van der Waals surface area (Å²) in [5, 5.41) is 2.76. The van der Waals surface area contributed by atoms with Crippen LogP contribution in [0.5, 0.6) is 17.2 Å². The second-order valence-corrected chi connectivity index (χ2v) is 6.54. The van der Waals surface area contributed by atoms with Crippen molar-refractivity contribution in [1.82, 2.24) is 0 Å². The molecule has 0 aliphatic heterocycles. The molecule has 0 unspecified atom stereocenters. The first-order valence-corrected chi connectivity index (χ1v) is 9.53. The number of hydrogen-bond acceptors (Lipinski definition) is 4. The van der Waals surface area contributed by atoms with Gasteiger partial charge in [0.05, 0.1) is 0 Å². The van der Waals surface area contributed by atoms with Crippen LogP contribution in [0.3, 0.4) is 0 Å². The van der Waals surface area contributed by atoms with E-state index < -0.39 is 0 Å². The van der Waals surface area contributed by atoms with Crippen LogP contribution in [-0.4, -0.2) is 19.6 Å². The van der Waals surface area contributed by atoms with Gasteiger partial charge in [-0.25, -0.2) is 0 Å². The van der Waals surface area contributed by atoms with E-state index >= 15 is 0 Å². The molecule has 0 heterocycles. The molecule has 0 aliphatic rings. The van der Waals surface area contributed by atoms with Gasteiger partial charge in [0.2, 0.25) is 5.91 Å². The lowest BCUT2D eigenvalue weighted by molar-refractivity contribution is -0.119. The van der Waals surface area contributed by atoms with Gasteiger partial charge >= 0.3 is 0 Å². The Kier molecular flexibility index (Phi) is 7.25. The number of methoxy groups -OCH3 is 1. The summed E-state index contributed by atoms with van der Waals surface area (Å²) in [6.45, 7) is 2.58. The van der Waals surface area contributed by atoms with E-state index in [0.29, 0.717) is 6.61 Å². The van der Waals surface area contributed by atoms with Crippen LogP contribution in [-0.2, 0) is 22.6 Å². The SMILES string of the molecule is CCc1ccc(Oc2cccc(OCc3ccc(NC(=O)COC)cc3)c2)cc1. The van der Waals surface area contributed by atoms with Gasteiger partial charge in [-0.05, 0) is 53.9 Å². The fourth-order valence-electron chi connectivity index (χ4n) is 2.74. The number of rotatable bonds is 9. The zero-order valence-electron chi connectivity index (χ0n) is 16.7. The molecule has 0 fully saturated rings. The molecule has 1 N–H and O–H groups in total. The normalized spacial score (nSPS) is 10.4. The number of nitrogens with one attached hydrogen (secondary N) is 1. The zero-order chi connectivity index (χ0) is 20.5. The molecular weight excluding hydrogens is 366 g/mol. The van der Waals surface area contributed by atoms with Crippen molar-refractivity contribution < 1.29 is 19.0 Å². The van der Waals surface area contributed by atoms with E-state index in [1.54, 1.807) is 0 Å². The molecule has 0 spiro atoms. The van der Waals surface area contributed by atoms with Crippen LogP contribution in [0, 0.1) is 0 Å². The predicted octanol–water partition coefficient (Wildman–Crippen LogP) is 5.21. The third-order valence-corrected chi connectivity index (χ3v) is 4.29. The topological polar surface area (TPSA) is 56.8 Å². The summed E-state index contributed by atoms with van der Waals surface area (Å²) in [6.07, 6.45) is 1.00. The largest absolute Gasteiger partial charge is 0.489 e. The van der Waals surface area contributed by atoms with Gasteiger partial charge in [0.25, 0.3) is 0 Å². The quantitative estimate of drug-likeness (QED) is 0.544. The molecule has 0 bridgehead atoms. The molecule has 0 atom stereocenters. The second-order valence-electron chi connectivity index (χ2n) is 6.54. The lowest BCUT2D eigenvalue weighted by Crippen LogP contribution is -2.16. The average Bonchev–Trinajstić information content (AvgIpc) is 2.74. The molecule has 5 nitrogen and oxygen atoms in total. The first-order chi connectivity index (χ1) is 14.2. The number of hydrogen-bond donors (Lipinski definition) is 1. The van der Waals surface area contributed by atoms with Crippen LogP contribution in [0.1, 0.15) is 18.1 Å². The summed E-state index contributed by atoms with van der Waals surface area (Å²) in [5.74, 6) is 2.07. The highest BCUT2D eigenvalue weighted by Gasteiger charge is 2.03. The molecule has 0 saturated carbocycles. The summed E-state index contributed by atoms with van der Waals surface area (Å²) in [5.41, 5.74) is 3.00. The van der Waals surface area contributed by atoms with Crippen LogP contribution >= 0.6 is 0 Å². The number of amides is 1. The third kappa shape index (κ3) is 6.36. The van der Waals surface area contributed by atoms with Crippen LogP contribution in [0.25, 0.3) is 0 Å². The molecule has 3 aromatic rings. The van der Waals surface area contributed by atoms with E-state index in [2.05, 4.69) is 24.4 Å². The lowest BCUT2D eigenvalue weighted by Gasteiger charge is -2.10. The minimum Gasteiger partial charge on any atom is -0.489 e. The van der Waals surface area contributed by atoms with Gasteiger partial charge < -0.3 is 19.5 Å². The van der Waals surface area contributed by atoms with Gasteiger partial charge in [0, 0.05) is 18.9 Å². The molecule has 0 saturated heterocycles. The number of anilines is 1. The van der Waals surface area contributed by atoms with Crippen molar-refractivity contribution in [3.63, 3.8) is 0 Å². The Morgan fingerprint density at radius 3 is 2.24 bits per heavy atom. The number of benzene rings is 3. The van der Waals surface area contributed by atoms with Crippen molar-refractivity contribution in [2.24, 2.45) is 0 Å². The molecule has 3 aromatic carbocycles. The number of aryl methyl sites for hydroxylation is 1. The van der Waals surface area contributed by atoms with Crippen molar-refractivity contribution >= 4 is 11.6 Å². The second kappa shape index (κ2) is 10.3. The Morgan fingerprint density at radius 1 is 0.862 bits per heavy atom. The molecular formula is C24H25NO4. The number of ether oxygens (including phenoxy) is 3. The molecule has 150 valence electrons. The fraction of sp³-hybridized carbons (Fsp3) is 0.208. The summed E-state index contributed by atoms with van der Waals surface area (Å²) in [4.78, 5) is 11.5. The van der Waals surface area contributed by atoms with E-state index in [1.165, 1.54) is 12.7 Å². The Balaban J connectivity index is 1.55. The molecule has 0 radical (unpaired) electrons. The Bertz CT molecular complexity index is 920. The fourth-order valence-corrected chi connectivity index (χ4v) is 2.74. The van der Waals surface area contributed by atoms with Crippen molar-refractivity contribution in [1.29, 1.82) is 0 Å². The molecule has 3 rings (SSSR count). The predicted molar refractivity (Wildman–Crippen MR) is 114 cm³/mol. The van der Waals surface area contributed by atoms with Gasteiger partial charge in [-0.15, -0.1) is 0 Å². The Labute approximate surface area is 171 Å². The van der Waals surface area contributed by atoms with Gasteiger partial charge in [0.1, 0.15) is 30.5 Å². The van der Waals surface area contributed by atoms with E-state index in [-0.39, 0.29) is 12.5 Å². The molecule has 29 heavy (non-hydrogen) atoms. The van der Waals surface area contributed by atoms with E-state index in [9.17, 15) is 4.79 Å². The standard InChI is InChI=1S/C24H25NO4/c1-3-18-9-13-21(14-10-18)29-23-6-4-5-22(15-23)28-16-19-7-11-20(12-8-19)25-24(26)17-27-2/h4-15H,3,16-17H2,1-2H3,(H,25,26). The van der Waals surface area contributed by atoms with Crippen LogP contribution in [0.15, 0.2) is 72.8 Å². The van der Waals surface area contributed by atoms with E-state index in [4.69, 9.17) is 14.2 Å². The highest BCUT2D eigenvalue weighted by atomic mass is 16.5. The summed E-state index contributed by atoms with van der Waals surface area (Å²) >= 11 is 0. The maximum atomic E-state index is 11.5. The van der Waals surface area contributed by atoms with Gasteiger partial charge in [-0.3, -0.25) is 4.79 Å². The van der Waals surface area contributed by atoms with Crippen molar-refractivity contribution in [3.8, 4) is 17.2 Å². The van der Waals surface area contributed by atoms with Gasteiger partial charge in [-0.1, -0.05) is 37.3 Å². The van der Waals surface area contributed by atoms with Crippen LogP contribution in [0.2, 0.25) is 0 Å². The lowest BCUT2D eigenvalue weighted by atomic mass is 10.2. The maximum Gasteiger partial charge on any atom is 0.250 e. The first kappa shape index (κ1) is 20.4. The zero-order valence-corrected chi connectivity index (χ0v) is 16.7. The highest BCUT2D eigenvalue weighted by Crippen LogP contribution is 2.26. The first-order valence-electron chi connectivity index (χ1n) is 9.53. The highest BCUT2D eigenvalue weighted by molar-refractivity contribution is 5.91. The monoisotopic (exact) mass is 391 g/mol. The molecule has 1 amide bonds. The van der Waals surface area contributed by atoms with Crippen molar-refractivity contribution in [2.45, 2.75) is 20.0 Å². The van der Waals surface area contributed by atoms with Gasteiger partial charge in [0.15, 0.2) is 0 Å². The summed E-state index contributed by atoms with van der Waals surface area (Å²) < 4.78 is 16.6. The molecule has 5 heteroatoms. The van der Waals surface area contributed by atoms with Crippen LogP contribution < -0.4 is 14.8 Å². The third-order valence-electron chi connectivity index (χ3n) is 4.29. The summed E-state index contributed by atoms with van der Waals surface area (Å²) in [6, 6.07) is 23.2. The van der Waals surface area contributed by atoms with Crippen molar-refractivity contribution in [3.05, 3.63) is 83.9 Å². The molecule has 0 aromatic heterocycles. The number of carbonyl (C=O) groups is 1. The molecule has 0 aliphatic carbocycles. The van der Waals surface area contributed by atoms with E-state index in [1.807, 2.05) is 60.7 Å². The number of carbonyl (C=O) groups excluding carboxylic acids is 1. The summed E-state index contributed by atoms with van der Waals surface area (Å²) in [7, 11) is 1.49. The minimum atomic E-state index is -0.183. The Hall–Kier alpha value is -3.31. The minimum absolute atomic E-state index is 0.0338. The van der Waals surface area contributed by atoms with Crippen molar-refractivity contribution in [2.75, 3.05) is 19.0 Å². The maximum absolute atomic E-state index is 11.5. The smallest absolute Gasteiger partial charge is 0.250 e. The van der Waals surface area contributed by atoms with Crippen LogP contribution in [0.4, 0.5) is 5.69 Å². The average molecular weight is 391 g/mol.